The summed E-state index contributed by atoms with van der Waals surface area (Å²) in [4.78, 5) is 26.5. The summed E-state index contributed by atoms with van der Waals surface area (Å²) in [5, 5.41) is 9.77. The first kappa shape index (κ1) is 17.4. The van der Waals surface area contributed by atoms with Gasteiger partial charge in [0.1, 0.15) is 5.75 Å². The van der Waals surface area contributed by atoms with Crippen LogP contribution in [0.5, 0.6) is 5.75 Å². The Morgan fingerprint density at radius 2 is 2.23 bits per heavy atom. The molecule has 26 heavy (non-hydrogen) atoms. The highest BCUT2D eigenvalue weighted by atomic mass is 16.5. The number of amides is 1. The molecular weight excluding hydrogens is 330 g/mol. The third-order valence-electron chi connectivity index (χ3n) is 6.67. The molecule has 0 aromatic heterocycles. The van der Waals surface area contributed by atoms with Crippen LogP contribution >= 0.6 is 0 Å². The Morgan fingerprint density at radius 3 is 2.96 bits per heavy atom. The smallest absolute Gasteiger partial charge is 0.307 e. The molecule has 1 spiro atoms. The number of ether oxygens (including phenoxy) is 1. The number of unbranched alkanes of at least 4 members (excludes halogenated alkanes) is 1. The highest BCUT2D eigenvalue weighted by molar-refractivity contribution is 5.84. The van der Waals surface area contributed by atoms with Gasteiger partial charge in [-0.25, -0.2) is 0 Å². The lowest BCUT2D eigenvalue weighted by molar-refractivity contribution is -0.144. The molecule has 1 aromatic rings. The van der Waals surface area contributed by atoms with Crippen molar-refractivity contribution in [3.05, 3.63) is 29.3 Å². The quantitative estimate of drug-likeness (QED) is 0.822. The first-order valence-electron chi connectivity index (χ1n) is 9.78. The minimum absolute atomic E-state index is 0.0690. The second-order valence-corrected chi connectivity index (χ2v) is 8.10. The van der Waals surface area contributed by atoms with Gasteiger partial charge in [0.05, 0.1) is 18.1 Å². The molecule has 1 N–H and O–H groups in total. The zero-order valence-electron chi connectivity index (χ0n) is 15.5. The van der Waals surface area contributed by atoms with Gasteiger partial charge < -0.3 is 14.7 Å². The molecule has 1 amide bonds. The predicted octanol–water partition coefficient (Wildman–Crippen LogP) is 3.21. The summed E-state index contributed by atoms with van der Waals surface area (Å²) in [5.41, 5.74) is 1.93. The summed E-state index contributed by atoms with van der Waals surface area (Å²) in [5.74, 6) is -0.283. The minimum Gasteiger partial charge on any atom is -0.494 e. The monoisotopic (exact) mass is 357 g/mol. The predicted molar refractivity (Wildman–Crippen MR) is 97.0 cm³/mol. The van der Waals surface area contributed by atoms with E-state index in [2.05, 4.69) is 19.1 Å². The second-order valence-electron chi connectivity index (χ2n) is 8.10. The average molecular weight is 357 g/mol. The number of nitrogens with zero attached hydrogens (tertiary/aromatic N) is 1. The van der Waals surface area contributed by atoms with Gasteiger partial charge in [0, 0.05) is 18.9 Å². The normalized spacial score (nSPS) is 32.2. The van der Waals surface area contributed by atoms with Gasteiger partial charge in [-0.15, -0.1) is 0 Å². The zero-order chi connectivity index (χ0) is 18.5. The van der Waals surface area contributed by atoms with E-state index in [4.69, 9.17) is 4.74 Å². The number of rotatable bonds is 5. The first-order valence-corrected chi connectivity index (χ1v) is 9.78. The Bertz CT molecular complexity index is 746. The maximum Gasteiger partial charge on any atom is 0.307 e. The number of hydrogen-bond donors (Lipinski definition) is 1. The Balaban J connectivity index is 1.73. The van der Waals surface area contributed by atoms with Crippen LogP contribution < -0.4 is 4.74 Å². The van der Waals surface area contributed by atoms with Crippen LogP contribution in [0.4, 0.5) is 0 Å². The number of fused-ring (bicyclic) bond motifs is 1. The summed E-state index contributed by atoms with van der Waals surface area (Å²) >= 11 is 0. The number of carboxylic acids is 1. The Hall–Kier alpha value is -2.04. The summed E-state index contributed by atoms with van der Waals surface area (Å²) < 4.78 is 5.86. The molecule has 3 aliphatic rings. The SMILES string of the molecule is CCCCOc1ccc2c(c1)CCN1C(=O)C[C@H]3[C@H](C(=O)O)[C@@H](C)C[C@]231. The van der Waals surface area contributed by atoms with Gasteiger partial charge in [-0.05, 0) is 48.4 Å². The summed E-state index contributed by atoms with van der Waals surface area (Å²) in [7, 11) is 0. The van der Waals surface area contributed by atoms with E-state index >= 15 is 0 Å². The van der Waals surface area contributed by atoms with Crippen LogP contribution in [-0.2, 0) is 21.5 Å². The van der Waals surface area contributed by atoms with E-state index in [1.165, 1.54) is 5.56 Å². The molecule has 4 rings (SSSR count). The Kier molecular flexibility index (Phi) is 4.20. The lowest BCUT2D eigenvalue weighted by Gasteiger charge is -2.44. The van der Waals surface area contributed by atoms with Crippen LogP contribution in [0.2, 0.25) is 0 Å². The van der Waals surface area contributed by atoms with Crippen molar-refractivity contribution in [1.29, 1.82) is 0 Å². The Morgan fingerprint density at radius 1 is 1.42 bits per heavy atom. The standard InChI is InChI=1S/C21H27NO4/c1-3-4-9-26-15-5-6-16-14(10-15)7-8-22-18(23)11-17-19(20(24)25)13(2)12-21(16,17)22/h5-6,10,13,17,19H,3-4,7-9,11-12H2,1-2H3,(H,24,25)/t13-,17-,19+,21-/m0/s1. The number of hydrogen-bond acceptors (Lipinski definition) is 3. The van der Waals surface area contributed by atoms with Crippen molar-refractivity contribution < 1.29 is 19.4 Å². The van der Waals surface area contributed by atoms with Crippen LogP contribution in [0.3, 0.4) is 0 Å². The fraction of sp³-hybridized carbons (Fsp3) is 0.619. The molecule has 4 atom stereocenters. The largest absolute Gasteiger partial charge is 0.494 e. The van der Waals surface area contributed by atoms with Gasteiger partial charge in [0.25, 0.3) is 0 Å². The van der Waals surface area contributed by atoms with Crippen molar-refractivity contribution in [3.8, 4) is 5.75 Å². The molecule has 5 heteroatoms. The van der Waals surface area contributed by atoms with Gasteiger partial charge in [0.2, 0.25) is 5.91 Å². The van der Waals surface area contributed by atoms with E-state index in [-0.39, 0.29) is 17.7 Å². The molecule has 140 valence electrons. The van der Waals surface area contributed by atoms with Crippen molar-refractivity contribution in [2.24, 2.45) is 17.8 Å². The van der Waals surface area contributed by atoms with E-state index < -0.39 is 17.4 Å². The van der Waals surface area contributed by atoms with E-state index in [1.54, 1.807) is 0 Å². The van der Waals surface area contributed by atoms with E-state index in [1.807, 2.05) is 17.9 Å². The third-order valence-corrected chi connectivity index (χ3v) is 6.67. The van der Waals surface area contributed by atoms with Crippen LogP contribution in [0.1, 0.15) is 50.7 Å². The highest BCUT2D eigenvalue weighted by Gasteiger charge is 2.65. The maximum atomic E-state index is 12.7. The molecule has 0 radical (unpaired) electrons. The van der Waals surface area contributed by atoms with Gasteiger partial charge in [-0.1, -0.05) is 26.3 Å². The second kappa shape index (κ2) is 6.29. The molecule has 1 aromatic carbocycles. The molecule has 2 aliphatic heterocycles. The van der Waals surface area contributed by atoms with Crippen molar-refractivity contribution >= 4 is 11.9 Å². The minimum atomic E-state index is -0.763. The van der Waals surface area contributed by atoms with Crippen molar-refractivity contribution in [2.45, 2.75) is 51.5 Å². The fourth-order valence-electron chi connectivity index (χ4n) is 5.64. The number of carboxylic acid groups (broad SMARTS) is 1. The van der Waals surface area contributed by atoms with Crippen LogP contribution in [0, 0.1) is 17.8 Å². The lowest BCUT2D eigenvalue weighted by Crippen LogP contribution is -2.49. The molecule has 2 fully saturated rings. The van der Waals surface area contributed by atoms with Crippen molar-refractivity contribution in [2.75, 3.05) is 13.2 Å². The number of carbonyl (C=O) groups is 2. The topological polar surface area (TPSA) is 66.8 Å². The molecule has 2 heterocycles. The number of benzene rings is 1. The van der Waals surface area contributed by atoms with Crippen molar-refractivity contribution in [3.63, 3.8) is 0 Å². The fourth-order valence-corrected chi connectivity index (χ4v) is 5.64. The molecule has 1 saturated carbocycles. The highest BCUT2D eigenvalue weighted by Crippen LogP contribution is 2.60. The van der Waals surface area contributed by atoms with E-state index in [0.29, 0.717) is 19.6 Å². The van der Waals surface area contributed by atoms with E-state index in [9.17, 15) is 14.7 Å². The lowest BCUT2D eigenvalue weighted by atomic mass is 9.74. The van der Waals surface area contributed by atoms with Gasteiger partial charge in [-0.3, -0.25) is 9.59 Å². The average Bonchev–Trinajstić information content (AvgIpc) is 3.02. The molecular formula is C21H27NO4. The molecule has 0 bridgehead atoms. The van der Waals surface area contributed by atoms with Gasteiger partial charge in [-0.2, -0.15) is 0 Å². The Labute approximate surface area is 154 Å². The van der Waals surface area contributed by atoms with Crippen LogP contribution in [-0.4, -0.2) is 35.0 Å². The summed E-state index contributed by atoms with van der Waals surface area (Å²) in [6.45, 7) is 5.55. The zero-order valence-corrected chi connectivity index (χ0v) is 15.5. The maximum absolute atomic E-state index is 12.7. The summed E-state index contributed by atoms with van der Waals surface area (Å²) in [6.07, 6.45) is 4.04. The molecule has 1 saturated heterocycles. The molecule has 1 aliphatic carbocycles. The van der Waals surface area contributed by atoms with Crippen LogP contribution in [0.15, 0.2) is 18.2 Å². The molecule has 5 nitrogen and oxygen atoms in total. The number of aliphatic carboxylic acids is 1. The first-order chi connectivity index (χ1) is 12.5. The van der Waals surface area contributed by atoms with Gasteiger partial charge >= 0.3 is 5.97 Å². The number of carbonyl (C=O) groups excluding carboxylic acids is 1. The van der Waals surface area contributed by atoms with Gasteiger partial charge in [0.15, 0.2) is 0 Å². The third kappa shape index (κ3) is 2.36. The van der Waals surface area contributed by atoms with E-state index in [0.717, 1.165) is 37.0 Å². The molecule has 0 unspecified atom stereocenters. The van der Waals surface area contributed by atoms with Crippen LogP contribution in [0.25, 0.3) is 0 Å². The summed E-state index contributed by atoms with van der Waals surface area (Å²) in [6, 6.07) is 6.19. The van der Waals surface area contributed by atoms with Crippen molar-refractivity contribution in [1.82, 2.24) is 4.90 Å².